The van der Waals surface area contributed by atoms with Crippen molar-refractivity contribution in [2.24, 2.45) is 0 Å². The van der Waals surface area contributed by atoms with Crippen molar-refractivity contribution in [2.75, 3.05) is 27.7 Å². The van der Waals surface area contributed by atoms with E-state index in [2.05, 4.69) is 21.1 Å². The maximum Gasteiger partial charge on any atom is 0.233 e. The molecule has 0 heterocycles. The minimum absolute atomic E-state index is 0.587. The van der Waals surface area contributed by atoms with Crippen LogP contribution in [0.5, 0.6) is 0 Å². The summed E-state index contributed by atoms with van der Waals surface area (Å²) >= 11 is 0. The number of hydrogen-bond acceptors (Lipinski definition) is 2. The molecule has 0 saturated carbocycles. The highest BCUT2D eigenvalue weighted by atomic mass is 16.5. The average molecular weight is 172 g/mol. The molecule has 0 aromatic carbocycles. The van der Waals surface area contributed by atoms with E-state index >= 15 is 0 Å². The number of hydrogen-bond donors (Lipinski definition) is 1. The molecule has 4 nitrogen and oxygen atoms in total. The fourth-order valence-electron chi connectivity index (χ4n) is 0.686. The molecule has 0 fully saturated rings. The van der Waals surface area contributed by atoms with Gasteiger partial charge < -0.3 is 15.2 Å². The SMILES string of the molecule is C[N+](C)(C)CCC=CC(=O)N[O-]. The Labute approximate surface area is 73.0 Å². The smallest absolute Gasteiger partial charge is 0.233 e. The first-order valence-corrected chi connectivity index (χ1v) is 3.85. The summed E-state index contributed by atoms with van der Waals surface area (Å²) in [4.78, 5) is 10.4. The molecule has 0 radical (unpaired) electrons. The third-order valence-electron chi connectivity index (χ3n) is 1.34. The lowest BCUT2D eigenvalue weighted by Crippen LogP contribution is -2.34. The second-order valence-electron chi connectivity index (χ2n) is 3.67. The Morgan fingerprint density at radius 2 is 2.08 bits per heavy atom. The average Bonchev–Trinajstić information content (AvgIpc) is 1.96. The van der Waals surface area contributed by atoms with Crippen molar-refractivity contribution >= 4 is 5.91 Å². The molecule has 1 N–H and O–H groups in total. The molecule has 0 saturated heterocycles. The van der Waals surface area contributed by atoms with E-state index in [1.54, 1.807) is 6.08 Å². The first-order valence-electron chi connectivity index (χ1n) is 3.85. The van der Waals surface area contributed by atoms with E-state index in [0.717, 1.165) is 17.4 Å². The molecule has 1 amide bonds. The number of nitrogens with one attached hydrogen (secondary N) is 1. The van der Waals surface area contributed by atoms with Crippen LogP contribution in [0.4, 0.5) is 0 Å². The Kier molecular flexibility index (Phi) is 4.54. The van der Waals surface area contributed by atoms with E-state index in [4.69, 9.17) is 0 Å². The van der Waals surface area contributed by atoms with Gasteiger partial charge in [-0.25, -0.2) is 0 Å². The Morgan fingerprint density at radius 1 is 1.50 bits per heavy atom. The maximum atomic E-state index is 10.4. The van der Waals surface area contributed by atoms with Crippen LogP contribution in [0.3, 0.4) is 0 Å². The van der Waals surface area contributed by atoms with Crippen LogP contribution in [0.15, 0.2) is 12.2 Å². The molecule has 0 aromatic heterocycles. The van der Waals surface area contributed by atoms with Crippen molar-refractivity contribution in [1.29, 1.82) is 0 Å². The molecule has 0 aliphatic rings. The molecule has 0 aliphatic heterocycles. The van der Waals surface area contributed by atoms with Crippen molar-refractivity contribution < 1.29 is 9.28 Å². The van der Waals surface area contributed by atoms with Crippen molar-refractivity contribution in [2.45, 2.75) is 6.42 Å². The lowest BCUT2D eigenvalue weighted by atomic mass is 10.3. The Balaban J connectivity index is 3.56. The predicted octanol–water partition coefficient (Wildman–Crippen LogP) is 0.253. The predicted molar refractivity (Wildman–Crippen MR) is 48.2 cm³/mol. The zero-order chi connectivity index (χ0) is 9.61. The van der Waals surface area contributed by atoms with Gasteiger partial charge in [0, 0.05) is 6.42 Å². The number of amides is 1. The van der Waals surface area contributed by atoms with Crippen molar-refractivity contribution in [3.05, 3.63) is 17.4 Å². The van der Waals surface area contributed by atoms with Crippen LogP contribution in [-0.4, -0.2) is 38.1 Å². The second-order valence-corrected chi connectivity index (χ2v) is 3.67. The number of quaternary nitrogens is 1. The van der Waals surface area contributed by atoms with Gasteiger partial charge >= 0.3 is 0 Å². The molecule has 0 spiro atoms. The first kappa shape index (κ1) is 11.1. The summed E-state index contributed by atoms with van der Waals surface area (Å²) in [5, 5.41) is 9.77. The molecule has 12 heavy (non-hydrogen) atoms. The van der Waals surface area contributed by atoms with E-state index in [9.17, 15) is 10.0 Å². The van der Waals surface area contributed by atoms with Crippen LogP contribution in [0.2, 0.25) is 0 Å². The van der Waals surface area contributed by atoms with Crippen LogP contribution in [0.1, 0.15) is 6.42 Å². The highest BCUT2D eigenvalue weighted by Gasteiger charge is 2.03. The molecule has 0 aromatic rings. The summed E-state index contributed by atoms with van der Waals surface area (Å²) in [6.07, 6.45) is 3.77. The minimum Gasteiger partial charge on any atom is -0.759 e. The molecule has 0 aliphatic carbocycles. The second kappa shape index (κ2) is 4.90. The third-order valence-corrected chi connectivity index (χ3v) is 1.34. The van der Waals surface area contributed by atoms with Crippen molar-refractivity contribution in [3.8, 4) is 0 Å². The van der Waals surface area contributed by atoms with E-state index in [1.807, 2.05) is 0 Å². The van der Waals surface area contributed by atoms with Crippen LogP contribution in [0.25, 0.3) is 0 Å². The van der Waals surface area contributed by atoms with Crippen LogP contribution in [-0.2, 0) is 4.79 Å². The van der Waals surface area contributed by atoms with Gasteiger partial charge in [-0.1, -0.05) is 6.08 Å². The van der Waals surface area contributed by atoms with Gasteiger partial charge in [0.1, 0.15) is 0 Å². The zero-order valence-electron chi connectivity index (χ0n) is 7.83. The summed E-state index contributed by atoms with van der Waals surface area (Å²) < 4.78 is 0.851. The molecule has 70 valence electrons. The van der Waals surface area contributed by atoms with E-state index in [-0.39, 0.29) is 0 Å². The van der Waals surface area contributed by atoms with Gasteiger partial charge in [-0.15, -0.1) is 0 Å². The summed E-state index contributed by atoms with van der Waals surface area (Å²) in [6, 6.07) is 0. The van der Waals surface area contributed by atoms with Gasteiger partial charge in [-0.3, -0.25) is 4.79 Å². The van der Waals surface area contributed by atoms with E-state index < -0.39 is 5.91 Å². The maximum absolute atomic E-state index is 10.4. The van der Waals surface area contributed by atoms with Gasteiger partial charge in [0.15, 0.2) is 0 Å². The zero-order valence-corrected chi connectivity index (χ0v) is 7.83. The molecule has 4 heteroatoms. The van der Waals surface area contributed by atoms with Gasteiger partial charge in [0.05, 0.1) is 27.7 Å². The number of carbonyl (C=O) groups excluding carboxylic acids is 1. The molecule has 0 unspecified atom stereocenters. The molecule has 0 rings (SSSR count). The number of carbonyl (C=O) groups is 1. The highest BCUT2D eigenvalue weighted by molar-refractivity contribution is 5.87. The van der Waals surface area contributed by atoms with Crippen LogP contribution >= 0.6 is 0 Å². The quantitative estimate of drug-likeness (QED) is 0.375. The Morgan fingerprint density at radius 3 is 2.50 bits per heavy atom. The normalized spacial score (nSPS) is 12.0. The summed E-state index contributed by atoms with van der Waals surface area (Å²) in [6.45, 7) is 0.947. The number of rotatable bonds is 4. The fraction of sp³-hybridized carbons (Fsp3) is 0.625. The van der Waals surface area contributed by atoms with Gasteiger partial charge in [0.25, 0.3) is 0 Å². The Bertz CT molecular complexity index is 170. The van der Waals surface area contributed by atoms with E-state index in [0.29, 0.717) is 0 Å². The van der Waals surface area contributed by atoms with Crippen LogP contribution in [0, 0.1) is 5.21 Å². The molecule has 0 bridgehead atoms. The number of hydroxylamine groups is 1. The standard InChI is InChI=1S/C8H16N2O2/c1-10(2,3)7-5-4-6-8(11)9-12/h4,6H,5,7H2,1-3H3,(H-,9,11,12). The lowest BCUT2D eigenvalue weighted by Gasteiger charge is -2.22. The molecular formula is C8H16N2O2. The van der Waals surface area contributed by atoms with Crippen molar-refractivity contribution in [3.63, 3.8) is 0 Å². The van der Waals surface area contributed by atoms with Crippen molar-refractivity contribution in [1.82, 2.24) is 5.48 Å². The molecular weight excluding hydrogens is 156 g/mol. The summed E-state index contributed by atoms with van der Waals surface area (Å²) in [5.41, 5.74) is 1.28. The third kappa shape index (κ3) is 7.24. The fourth-order valence-corrected chi connectivity index (χ4v) is 0.686. The van der Waals surface area contributed by atoms with Gasteiger partial charge in [-0.05, 0) is 6.08 Å². The first-order chi connectivity index (χ1) is 5.45. The molecule has 0 atom stereocenters. The topological polar surface area (TPSA) is 52.2 Å². The summed E-state index contributed by atoms with van der Waals surface area (Å²) in [7, 11) is 6.21. The minimum atomic E-state index is -0.587. The largest absolute Gasteiger partial charge is 0.759 e. The number of nitrogens with zero attached hydrogens (tertiary/aromatic N) is 1. The monoisotopic (exact) mass is 172 g/mol. The van der Waals surface area contributed by atoms with E-state index in [1.165, 1.54) is 11.6 Å². The van der Waals surface area contributed by atoms with Crippen LogP contribution < -0.4 is 5.48 Å². The highest BCUT2D eigenvalue weighted by Crippen LogP contribution is 1.93. The summed E-state index contributed by atoms with van der Waals surface area (Å²) in [5.74, 6) is -0.587. The Hall–Kier alpha value is -0.870. The van der Waals surface area contributed by atoms with Gasteiger partial charge in [0.2, 0.25) is 5.91 Å². The lowest BCUT2D eigenvalue weighted by molar-refractivity contribution is -0.869. The van der Waals surface area contributed by atoms with Gasteiger partial charge in [-0.2, -0.15) is 0 Å².